The predicted octanol–water partition coefficient (Wildman–Crippen LogP) is 6.14. The lowest BCUT2D eigenvalue weighted by atomic mass is 10.1. The van der Waals surface area contributed by atoms with Crippen molar-refractivity contribution in [3.8, 4) is 0 Å². The summed E-state index contributed by atoms with van der Waals surface area (Å²) in [4.78, 5) is 0. The standard InChI is InChI=1S/C18H22N2/c1-3-4-5-9-16-11-13-17(14-12-16)19-20-18-10-7-6-8-15(18)2/h6-8,10-14H,3-5,9H2,1-2H3. The van der Waals surface area contributed by atoms with Crippen LogP contribution in [0.15, 0.2) is 58.8 Å². The molecule has 0 unspecified atom stereocenters. The lowest BCUT2D eigenvalue weighted by Gasteiger charge is -2.01. The maximum absolute atomic E-state index is 4.31. The number of benzene rings is 2. The van der Waals surface area contributed by atoms with Gasteiger partial charge < -0.3 is 0 Å². The molecular weight excluding hydrogens is 244 g/mol. The molecule has 2 heteroatoms. The van der Waals surface area contributed by atoms with Crippen LogP contribution in [-0.4, -0.2) is 0 Å². The first kappa shape index (κ1) is 14.4. The van der Waals surface area contributed by atoms with E-state index in [4.69, 9.17) is 0 Å². The topological polar surface area (TPSA) is 24.7 Å². The highest BCUT2D eigenvalue weighted by molar-refractivity contribution is 5.45. The van der Waals surface area contributed by atoms with Gasteiger partial charge in [-0.1, -0.05) is 50.1 Å². The van der Waals surface area contributed by atoms with Crippen molar-refractivity contribution in [2.75, 3.05) is 0 Å². The van der Waals surface area contributed by atoms with E-state index in [1.54, 1.807) is 0 Å². The highest BCUT2D eigenvalue weighted by atomic mass is 15.1. The third-order valence-corrected chi connectivity index (χ3v) is 3.39. The Morgan fingerprint density at radius 1 is 0.850 bits per heavy atom. The zero-order valence-electron chi connectivity index (χ0n) is 12.3. The Morgan fingerprint density at radius 2 is 1.60 bits per heavy atom. The molecule has 2 aromatic carbocycles. The van der Waals surface area contributed by atoms with E-state index in [1.807, 2.05) is 43.3 Å². The lowest BCUT2D eigenvalue weighted by molar-refractivity contribution is 0.717. The van der Waals surface area contributed by atoms with Crippen LogP contribution in [0.4, 0.5) is 11.4 Å². The minimum atomic E-state index is 0.910. The van der Waals surface area contributed by atoms with E-state index >= 15 is 0 Å². The lowest BCUT2D eigenvalue weighted by Crippen LogP contribution is -1.83. The van der Waals surface area contributed by atoms with Gasteiger partial charge in [-0.3, -0.25) is 0 Å². The van der Waals surface area contributed by atoms with Gasteiger partial charge in [-0.05, 0) is 49.1 Å². The molecule has 2 aromatic rings. The summed E-state index contributed by atoms with van der Waals surface area (Å²) in [5.74, 6) is 0. The second-order valence-corrected chi connectivity index (χ2v) is 5.11. The first-order chi connectivity index (χ1) is 9.79. The van der Waals surface area contributed by atoms with Gasteiger partial charge in [-0.15, -0.1) is 0 Å². The summed E-state index contributed by atoms with van der Waals surface area (Å²) in [6, 6.07) is 16.4. The van der Waals surface area contributed by atoms with Crippen molar-refractivity contribution in [3.05, 3.63) is 59.7 Å². The molecule has 0 spiro atoms. The minimum Gasteiger partial charge on any atom is -0.151 e. The van der Waals surface area contributed by atoms with Crippen LogP contribution in [0, 0.1) is 6.92 Å². The molecule has 0 saturated carbocycles. The van der Waals surface area contributed by atoms with Crippen LogP contribution in [0.5, 0.6) is 0 Å². The Hall–Kier alpha value is -1.96. The van der Waals surface area contributed by atoms with Gasteiger partial charge in [0.2, 0.25) is 0 Å². The van der Waals surface area contributed by atoms with Gasteiger partial charge in [0, 0.05) is 0 Å². The molecule has 0 bridgehead atoms. The van der Waals surface area contributed by atoms with Crippen LogP contribution >= 0.6 is 0 Å². The first-order valence-corrected chi connectivity index (χ1v) is 7.36. The Morgan fingerprint density at radius 3 is 2.30 bits per heavy atom. The molecule has 0 aliphatic rings. The molecule has 0 radical (unpaired) electrons. The van der Waals surface area contributed by atoms with Crippen LogP contribution in [0.25, 0.3) is 0 Å². The van der Waals surface area contributed by atoms with Gasteiger partial charge in [0.25, 0.3) is 0 Å². The van der Waals surface area contributed by atoms with Crippen molar-refractivity contribution >= 4 is 11.4 Å². The second-order valence-electron chi connectivity index (χ2n) is 5.11. The normalized spacial score (nSPS) is 11.1. The van der Waals surface area contributed by atoms with Crippen molar-refractivity contribution in [2.24, 2.45) is 10.2 Å². The maximum atomic E-state index is 4.31. The smallest absolute Gasteiger partial charge is 0.0886 e. The van der Waals surface area contributed by atoms with E-state index in [2.05, 4.69) is 29.3 Å². The SMILES string of the molecule is CCCCCc1ccc(N=Nc2ccccc2C)cc1. The largest absolute Gasteiger partial charge is 0.151 e. The molecule has 2 nitrogen and oxygen atoms in total. The molecule has 0 saturated heterocycles. The maximum Gasteiger partial charge on any atom is 0.0886 e. The van der Waals surface area contributed by atoms with E-state index in [-0.39, 0.29) is 0 Å². The van der Waals surface area contributed by atoms with Crippen LogP contribution in [-0.2, 0) is 6.42 Å². The molecule has 0 aliphatic carbocycles. The van der Waals surface area contributed by atoms with Crippen molar-refractivity contribution in [3.63, 3.8) is 0 Å². The van der Waals surface area contributed by atoms with Crippen molar-refractivity contribution in [1.29, 1.82) is 0 Å². The Bertz CT molecular complexity index is 556. The molecule has 0 N–H and O–H groups in total. The first-order valence-electron chi connectivity index (χ1n) is 7.36. The zero-order chi connectivity index (χ0) is 14.2. The summed E-state index contributed by atoms with van der Waals surface area (Å²) in [7, 11) is 0. The van der Waals surface area contributed by atoms with Crippen molar-refractivity contribution in [1.82, 2.24) is 0 Å². The number of unbranched alkanes of at least 4 members (excludes halogenated alkanes) is 2. The molecule has 0 atom stereocenters. The molecular formula is C18H22N2. The molecule has 0 aliphatic heterocycles. The van der Waals surface area contributed by atoms with E-state index in [0.717, 1.165) is 23.4 Å². The van der Waals surface area contributed by atoms with E-state index in [1.165, 1.54) is 24.8 Å². The fourth-order valence-electron chi connectivity index (χ4n) is 2.10. The van der Waals surface area contributed by atoms with Crippen molar-refractivity contribution < 1.29 is 0 Å². The van der Waals surface area contributed by atoms with Crippen LogP contribution in [0.3, 0.4) is 0 Å². The fourth-order valence-corrected chi connectivity index (χ4v) is 2.10. The summed E-state index contributed by atoms with van der Waals surface area (Å²) >= 11 is 0. The summed E-state index contributed by atoms with van der Waals surface area (Å²) < 4.78 is 0. The molecule has 0 heterocycles. The van der Waals surface area contributed by atoms with Crippen LogP contribution in [0.2, 0.25) is 0 Å². The number of nitrogens with zero attached hydrogens (tertiary/aromatic N) is 2. The molecule has 2 rings (SSSR count). The highest BCUT2D eigenvalue weighted by Crippen LogP contribution is 2.21. The average Bonchev–Trinajstić information content (AvgIpc) is 2.48. The number of hydrogen-bond acceptors (Lipinski definition) is 2. The number of azo groups is 1. The van der Waals surface area contributed by atoms with Gasteiger partial charge in [0.15, 0.2) is 0 Å². The van der Waals surface area contributed by atoms with E-state index in [9.17, 15) is 0 Å². The summed E-state index contributed by atoms with van der Waals surface area (Å²) in [5, 5.41) is 8.61. The summed E-state index contributed by atoms with van der Waals surface area (Å²) in [6.45, 7) is 4.28. The Kier molecular flexibility index (Phi) is 5.48. The third-order valence-electron chi connectivity index (χ3n) is 3.39. The van der Waals surface area contributed by atoms with Gasteiger partial charge in [0.05, 0.1) is 11.4 Å². The van der Waals surface area contributed by atoms with Gasteiger partial charge in [-0.25, -0.2) is 0 Å². The molecule has 0 amide bonds. The zero-order valence-corrected chi connectivity index (χ0v) is 12.3. The van der Waals surface area contributed by atoms with Gasteiger partial charge in [-0.2, -0.15) is 10.2 Å². The van der Waals surface area contributed by atoms with E-state index < -0.39 is 0 Å². The number of hydrogen-bond donors (Lipinski definition) is 0. The fraction of sp³-hybridized carbons (Fsp3) is 0.333. The van der Waals surface area contributed by atoms with Gasteiger partial charge in [0.1, 0.15) is 0 Å². The van der Waals surface area contributed by atoms with Crippen LogP contribution < -0.4 is 0 Å². The minimum absolute atomic E-state index is 0.910. The summed E-state index contributed by atoms with van der Waals surface area (Å²) in [5.41, 5.74) is 4.37. The Balaban J connectivity index is 1.98. The summed E-state index contributed by atoms with van der Waals surface area (Å²) in [6.07, 6.45) is 4.99. The second kappa shape index (κ2) is 7.59. The van der Waals surface area contributed by atoms with Gasteiger partial charge >= 0.3 is 0 Å². The Labute approximate surface area is 121 Å². The van der Waals surface area contributed by atoms with E-state index in [0.29, 0.717) is 0 Å². The monoisotopic (exact) mass is 266 g/mol. The predicted molar refractivity (Wildman–Crippen MR) is 85.0 cm³/mol. The molecule has 0 fully saturated rings. The number of rotatable bonds is 6. The third kappa shape index (κ3) is 4.30. The average molecular weight is 266 g/mol. The molecule has 0 aromatic heterocycles. The van der Waals surface area contributed by atoms with Crippen molar-refractivity contribution in [2.45, 2.75) is 39.5 Å². The molecule has 20 heavy (non-hydrogen) atoms. The van der Waals surface area contributed by atoms with Crippen LogP contribution in [0.1, 0.15) is 37.3 Å². The number of aryl methyl sites for hydroxylation is 2. The highest BCUT2D eigenvalue weighted by Gasteiger charge is 1.96. The molecule has 104 valence electrons. The quantitative estimate of drug-likeness (QED) is 0.443.